The van der Waals surface area contributed by atoms with Gasteiger partial charge in [-0.1, -0.05) is 51.4 Å². The lowest BCUT2D eigenvalue weighted by Gasteiger charge is -2.05. The Morgan fingerprint density at radius 3 is 1.60 bits per heavy atom. The Morgan fingerprint density at radius 2 is 1.20 bits per heavy atom. The molecule has 0 heterocycles. The Labute approximate surface area is 120 Å². The summed E-state index contributed by atoms with van der Waals surface area (Å²) in [4.78, 5) is 10.5. The molecule has 0 N–H and O–H groups in total. The molecule has 0 saturated heterocycles. The Balaban J connectivity index is 3.05. The van der Waals surface area contributed by atoms with Gasteiger partial charge in [0.25, 0.3) is 0 Å². The minimum atomic E-state index is -3.99. The van der Waals surface area contributed by atoms with Gasteiger partial charge >= 0.3 is 12.1 Å². The maximum absolute atomic E-state index is 11.9. The molecule has 0 aliphatic heterocycles. The molecule has 0 aromatic rings. The van der Waals surface area contributed by atoms with E-state index in [0.29, 0.717) is 13.0 Å². The first-order valence-corrected chi connectivity index (χ1v) is 7.62. The molecule has 0 aromatic carbocycles. The molecule has 0 atom stereocenters. The van der Waals surface area contributed by atoms with Crippen LogP contribution >= 0.6 is 0 Å². The summed E-state index contributed by atoms with van der Waals surface area (Å²) in [6.07, 6.45) is 4.77. The van der Waals surface area contributed by atoms with Crippen LogP contribution in [0.25, 0.3) is 0 Å². The van der Waals surface area contributed by atoms with Crippen molar-refractivity contribution in [2.45, 2.75) is 83.7 Å². The third kappa shape index (κ3) is 17.3. The number of esters is 1. The molecule has 0 radical (unpaired) electrons. The van der Waals surface area contributed by atoms with Crippen molar-refractivity contribution in [1.82, 2.24) is 0 Å². The summed E-state index contributed by atoms with van der Waals surface area (Å²) < 4.78 is 40.5. The normalized spacial score (nSPS) is 11.6. The average molecular weight is 296 g/mol. The number of rotatable bonds is 12. The van der Waals surface area contributed by atoms with Crippen LogP contribution < -0.4 is 0 Å². The fourth-order valence-corrected chi connectivity index (χ4v) is 2.06. The third-order valence-electron chi connectivity index (χ3n) is 3.16. The van der Waals surface area contributed by atoms with Crippen LogP contribution in [-0.2, 0) is 9.53 Å². The predicted molar refractivity (Wildman–Crippen MR) is 73.5 cm³/mol. The second kappa shape index (κ2) is 12.0. The van der Waals surface area contributed by atoms with Gasteiger partial charge in [0, 0.05) is 13.3 Å². The topological polar surface area (TPSA) is 26.3 Å². The highest BCUT2D eigenvalue weighted by Crippen LogP contribution is 2.23. The maximum Gasteiger partial charge on any atom is 0.389 e. The molecule has 2 nitrogen and oxygen atoms in total. The Bertz CT molecular complexity index is 240. The van der Waals surface area contributed by atoms with Crippen LogP contribution in [0.1, 0.15) is 77.6 Å². The van der Waals surface area contributed by atoms with E-state index in [0.717, 1.165) is 51.4 Å². The molecular weight excluding hydrogens is 269 g/mol. The summed E-state index contributed by atoms with van der Waals surface area (Å²) in [6, 6.07) is 0. The lowest BCUT2D eigenvalue weighted by molar-refractivity contribution is -0.141. The molecular formula is C15H27F3O2. The van der Waals surface area contributed by atoms with Crippen LogP contribution in [0.2, 0.25) is 0 Å². The van der Waals surface area contributed by atoms with Crippen LogP contribution in [0.4, 0.5) is 13.2 Å². The van der Waals surface area contributed by atoms with Crippen molar-refractivity contribution < 1.29 is 22.7 Å². The van der Waals surface area contributed by atoms with Crippen molar-refractivity contribution in [3.8, 4) is 0 Å². The van der Waals surface area contributed by atoms with Crippen LogP contribution in [0.5, 0.6) is 0 Å². The van der Waals surface area contributed by atoms with Gasteiger partial charge in [-0.2, -0.15) is 13.2 Å². The van der Waals surface area contributed by atoms with Crippen molar-refractivity contribution in [2.75, 3.05) is 6.61 Å². The van der Waals surface area contributed by atoms with E-state index in [1.807, 2.05) is 0 Å². The van der Waals surface area contributed by atoms with E-state index in [-0.39, 0.29) is 12.4 Å². The summed E-state index contributed by atoms with van der Waals surface area (Å²) in [5, 5.41) is 0. The molecule has 0 aromatic heterocycles. The Hall–Kier alpha value is -0.740. The van der Waals surface area contributed by atoms with Crippen LogP contribution in [0.3, 0.4) is 0 Å². The SMILES string of the molecule is CC(=O)OCCCCCCCCCCCCC(F)(F)F. The lowest BCUT2D eigenvalue weighted by Crippen LogP contribution is -2.06. The van der Waals surface area contributed by atoms with Gasteiger partial charge in [0.15, 0.2) is 0 Å². The molecule has 120 valence electrons. The Morgan fingerprint density at radius 1 is 0.800 bits per heavy atom. The maximum atomic E-state index is 11.9. The largest absolute Gasteiger partial charge is 0.466 e. The zero-order chi connectivity index (χ0) is 15.3. The number of carbonyl (C=O) groups excluding carboxylic acids is 1. The summed E-state index contributed by atoms with van der Waals surface area (Å²) in [7, 11) is 0. The molecule has 0 amide bonds. The van der Waals surface area contributed by atoms with Crippen LogP contribution in [0.15, 0.2) is 0 Å². The monoisotopic (exact) mass is 296 g/mol. The van der Waals surface area contributed by atoms with Crippen molar-refractivity contribution in [1.29, 1.82) is 0 Å². The number of hydrogen-bond donors (Lipinski definition) is 0. The molecule has 0 rings (SSSR count). The minimum absolute atomic E-state index is 0.226. The fourth-order valence-electron chi connectivity index (χ4n) is 2.06. The van der Waals surface area contributed by atoms with Crippen LogP contribution in [-0.4, -0.2) is 18.8 Å². The fraction of sp³-hybridized carbons (Fsp3) is 0.933. The van der Waals surface area contributed by atoms with Gasteiger partial charge in [-0.3, -0.25) is 4.79 Å². The number of ether oxygens (including phenoxy) is 1. The smallest absolute Gasteiger partial charge is 0.389 e. The van der Waals surface area contributed by atoms with Crippen molar-refractivity contribution >= 4 is 5.97 Å². The third-order valence-corrected chi connectivity index (χ3v) is 3.16. The molecule has 0 spiro atoms. The average Bonchev–Trinajstić information content (AvgIpc) is 2.33. The van der Waals surface area contributed by atoms with Crippen LogP contribution in [0, 0.1) is 0 Å². The molecule has 0 bridgehead atoms. The number of alkyl halides is 3. The van der Waals surface area contributed by atoms with Crippen molar-refractivity contribution in [3.05, 3.63) is 0 Å². The van der Waals surface area contributed by atoms with E-state index in [9.17, 15) is 18.0 Å². The second-order valence-electron chi connectivity index (χ2n) is 5.24. The summed E-state index contributed by atoms with van der Waals surface area (Å²) in [5.74, 6) is -0.226. The van der Waals surface area contributed by atoms with Gasteiger partial charge in [-0.05, 0) is 12.8 Å². The van der Waals surface area contributed by atoms with Gasteiger partial charge in [-0.15, -0.1) is 0 Å². The molecule has 0 aliphatic carbocycles. The standard InChI is InChI=1S/C15H27F3O2/c1-14(19)20-13-11-9-7-5-3-2-4-6-8-10-12-15(16,17)18/h2-13H2,1H3. The zero-order valence-electron chi connectivity index (χ0n) is 12.4. The van der Waals surface area contributed by atoms with E-state index in [1.54, 1.807) is 0 Å². The zero-order valence-corrected chi connectivity index (χ0v) is 12.4. The van der Waals surface area contributed by atoms with Gasteiger partial charge < -0.3 is 4.74 Å². The predicted octanol–water partition coefficient (Wildman–Crippen LogP) is 5.40. The minimum Gasteiger partial charge on any atom is -0.466 e. The Kier molecular flexibility index (Phi) is 11.6. The summed E-state index contributed by atoms with van der Waals surface area (Å²) in [6.45, 7) is 1.92. The number of unbranched alkanes of at least 4 members (excludes halogenated alkanes) is 9. The van der Waals surface area contributed by atoms with E-state index in [2.05, 4.69) is 0 Å². The van der Waals surface area contributed by atoms with E-state index < -0.39 is 12.6 Å². The first kappa shape index (κ1) is 19.3. The first-order valence-electron chi connectivity index (χ1n) is 7.62. The van der Waals surface area contributed by atoms with Gasteiger partial charge in [-0.25, -0.2) is 0 Å². The quantitative estimate of drug-likeness (QED) is 0.356. The molecule has 20 heavy (non-hydrogen) atoms. The highest BCUT2D eigenvalue weighted by atomic mass is 19.4. The first-order chi connectivity index (χ1) is 9.42. The van der Waals surface area contributed by atoms with Gasteiger partial charge in [0.2, 0.25) is 0 Å². The van der Waals surface area contributed by atoms with Gasteiger partial charge in [0.05, 0.1) is 6.61 Å². The molecule has 0 aliphatic rings. The molecule has 0 saturated carbocycles. The number of carbonyl (C=O) groups is 1. The number of halogens is 3. The molecule has 0 fully saturated rings. The van der Waals surface area contributed by atoms with Gasteiger partial charge in [0.1, 0.15) is 0 Å². The van der Waals surface area contributed by atoms with Crippen molar-refractivity contribution in [3.63, 3.8) is 0 Å². The van der Waals surface area contributed by atoms with E-state index in [4.69, 9.17) is 4.74 Å². The number of hydrogen-bond acceptors (Lipinski definition) is 2. The van der Waals surface area contributed by atoms with E-state index in [1.165, 1.54) is 6.92 Å². The highest BCUT2D eigenvalue weighted by Gasteiger charge is 2.25. The molecule has 5 heteroatoms. The van der Waals surface area contributed by atoms with E-state index >= 15 is 0 Å². The highest BCUT2D eigenvalue weighted by molar-refractivity contribution is 5.65. The summed E-state index contributed by atoms with van der Waals surface area (Å²) in [5.41, 5.74) is 0. The van der Waals surface area contributed by atoms with Crippen molar-refractivity contribution in [2.24, 2.45) is 0 Å². The molecule has 0 unspecified atom stereocenters. The summed E-state index contributed by atoms with van der Waals surface area (Å²) >= 11 is 0. The lowest BCUT2D eigenvalue weighted by atomic mass is 10.1. The second-order valence-corrected chi connectivity index (χ2v) is 5.24.